The molecule has 3 amide bonds. The molecule has 4 atom stereocenters. The summed E-state index contributed by atoms with van der Waals surface area (Å²) in [7, 11) is 0. The van der Waals surface area contributed by atoms with Crippen molar-refractivity contribution in [1.29, 1.82) is 0 Å². The molecule has 4 rings (SSSR count). The van der Waals surface area contributed by atoms with Crippen molar-refractivity contribution >= 4 is 58.0 Å². The number of aromatic amines is 1. The quantitative estimate of drug-likeness (QED) is 0.0764. The van der Waals surface area contributed by atoms with E-state index in [4.69, 9.17) is 37.1 Å². The minimum atomic E-state index is -0.844. The Balaban J connectivity index is 1.44. The SMILES string of the molecule is CCOC(=O)c1nnc(C(NC(=O)CCCc2[nH]c3c(Cl)cc(Cl)cc3c2CNC(=O)[C@@H](NC(=O)OCc2ccccc2)C(C)CC)[C@@H](C)CC)o1. The number of benzene rings is 2. The topological polar surface area (TPSA) is 178 Å². The van der Waals surface area contributed by atoms with Crippen LogP contribution in [0.15, 0.2) is 46.9 Å². The number of rotatable bonds is 18. The lowest BCUT2D eigenvalue weighted by Crippen LogP contribution is -2.50. The van der Waals surface area contributed by atoms with Crippen LogP contribution in [0.5, 0.6) is 0 Å². The van der Waals surface area contributed by atoms with Crippen molar-refractivity contribution in [3.05, 3.63) is 81.1 Å². The maximum absolute atomic E-state index is 13.6. The van der Waals surface area contributed by atoms with Crippen molar-refractivity contribution in [3.8, 4) is 0 Å². The Morgan fingerprint density at radius 2 is 1.67 bits per heavy atom. The summed E-state index contributed by atoms with van der Waals surface area (Å²) < 4.78 is 15.9. The predicted molar refractivity (Wildman–Crippen MR) is 197 cm³/mol. The first-order valence-electron chi connectivity index (χ1n) is 17.5. The van der Waals surface area contributed by atoms with Gasteiger partial charge in [0.25, 0.3) is 0 Å². The van der Waals surface area contributed by atoms with Crippen LogP contribution >= 0.6 is 23.2 Å². The third-order valence-corrected chi connectivity index (χ3v) is 9.47. The van der Waals surface area contributed by atoms with E-state index >= 15 is 0 Å². The highest BCUT2D eigenvalue weighted by Crippen LogP contribution is 2.33. The molecule has 4 N–H and O–H groups in total. The number of aromatic nitrogens is 3. The van der Waals surface area contributed by atoms with E-state index in [9.17, 15) is 19.2 Å². The zero-order chi connectivity index (χ0) is 37.8. The van der Waals surface area contributed by atoms with Crippen LogP contribution in [0.2, 0.25) is 10.0 Å². The van der Waals surface area contributed by atoms with Crippen LogP contribution in [0.1, 0.15) is 99.7 Å². The van der Waals surface area contributed by atoms with Crippen molar-refractivity contribution in [3.63, 3.8) is 0 Å². The second-order valence-corrected chi connectivity index (χ2v) is 13.5. The normalized spacial score (nSPS) is 13.5. The highest BCUT2D eigenvalue weighted by atomic mass is 35.5. The number of hydrogen-bond donors (Lipinski definition) is 4. The van der Waals surface area contributed by atoms with Gasteiger partial charge in [0, 0.05) is 29.1 Å². The number of esters is 1. The van der Waals surface area contributed by atoms with E-state index in [1.165, 1.54) is 0 Å². The Labute approximate surface area is 312 Å². The summed E-state index contributed by atoms with van der Waals surface area (Å²) in [6.45, 7) is 9.75. The Morgan fingerprint density at radius 3 is 2.37 bits per heavy atom. The van der Waals surface area contributed by atoms with Gasteiger partial charge in [-0.1, -0.05) is 94.1 Å². The van der Waals surface area contributed by atoms with Gasteiger partial charge >= 0.3 is 18.0 Å². The van der Waals surface area contributed by atoms with Crippen LogP contribution in [-0.4, -0.2) is 51.7 Å². The smallest absolute Gasteiger partial charge is 0.408 e. The molecular weight excluding hydrogens is 711 g/mol. The minimum absolute atomic E-state index is 0.0604. The number of nitrogens with one attached hydrogen (secondary N) is 4. The fraction of sp³-hybridized carbons (Fsp3) is 0.459. The lowest BCUT2D eigenvalue weighted by molar-refractivity contribution is -0.124. The Kier molecular flexibility index (Phi) is 14.9. The average molecular weight is 758 g/mol. The van der Waals surface area contributed by atoms with Gasteiger partial charge in [-0.3, -0.25) is 9.59 Å². The zero-order valence-corrected chi connectivity index (χ0v) is 31.5. The number of H-pyrrole nitrogens is 1. The number of hydrogen-bond acceptors (Lipinski definition) is 9. The number of halogens is 2. The van der Waals surface area contributed by atoms with Gasteiger partial charge in [-0.2, -0.15) is 0 Å². The number of alkyl carbamates (subject to hydrolysis) is 1. The third-order valence-electron chi connectivity index (χ3n) is 8.96. The van der Waals surface area contributed by atoms with Crippen LogP contribution in [-0.2, 0) is 38.6 Å². The molecule has 0 aliphatic heterocycles. The first kappa shape index (κ1) is 40.2. The third kappa shape index (κ3) is 10.7. The average Bonchev–Trinajstić information content (AvgIpc) is 3.76. The van der Waals surface area contributed by atoms with Gasteiger partial charge in [-0.15, -0.1) is 10.2 Å². The van der Waals surface area contributed by atoms with E-state index in [0.717, 1.165) is 22.2 Å². The van der Waals surface area contributed by atoms with E-state index in [-0.39, 0.29) is 61.6 Å². The highest BCUT2D eigenvalue weighted by Gasteiger charge is 2.29. The van der Waals surface area contributed by atoms with E-state index in [1.807, 2.05) is 58.0 Å². The molecule has 0 saturated heterocycles. The summed E-state index contributed by atoms with van der Waals surface area (Å²) in [4.78, 5) is 54.9. The number of ether oxygens (including phenoxy) is 2. The van der Waals surface area contributed by atoms with Gasteiger partial charge in [0.15, 0.2) is 0 Å². The largest absolute Gasteiger partial charge is 0.459 e. The lowest BCUT2D eigenvalue weighted by Gasteiger charge is -2.23. The molecule has 0 fully saturated rings. The molecule has 13 nitrogen and oxygen atoms in total. The summed E-state index contributed by atoms with van der Waals surface area (Å²) in [6.07, 6.45) is 1.70. The van der Waals surface area contributed by atoms with Crippen molar-refractivity contribution < 1.29 is 33.1 Å². The van der Waals surface area contributed by atoms with Gasteiger partial charge in [0.2, 0.25) is 17.7 Å². The molecule has 0 radical (unpaired) electrons. The number of carbonyl (C=O) groups is 4. The monoisotopic (exact) mass is 756 g/mol. The maximum atomic E-state index is 13.6. The van der Waals surface area contributed by atoms with Crippen LogP contribution in [0.3, 0.4) is 0 Å². The first-order valence-corrected chi connectivity index (χ1v) is 18.2. The summed E-state index contributed by atoms with van der Waals surface area (Å²) in [5, 5.41) is 18.1. The molecule has 0 saturated carbocycles. The summed E-state index contributed by atoms with van der Waals surface area (Å²) in [5.41, 5.74) is 3.02. The fourth-order valence-corrected chi connectivity index (χ4v) is 6.15. The number of amides is 3. The lowest BCUT2D eigenvalue weighted by atomic mass is 9.98. The predicted octanol–water partition coefficient (Wildman–Crippen LogP) is 7.22. The summed E-state index contributed by atoms with van der Waals surface area (Å²) >= 11 is 12.9. The zero-order valence-electron chi connectivity index (χ0n) is 30.0. The van der Waals surface area contributed by atoms with Crippen molar-refractivity contribution in [2.45, 2.75) is 92.0 Å². The van der Waals surface area contributed by atoms with E-state index in [0.29, 0.717) is 41.2 Å². The van der Waals surface area contributed by atoms with Crippen molar-refractivity contribution in [1.82, 2.24) is 31.1 Å². The number of aryl methyl sites for hydroxylation is 1. The molecule has 15 heteroatoms. The molecule has 2 aromatic carbocycles. The van der Waals surface area contributed by atoms with Crippen LogP contribution in [0, 0.1) is 11.8 Å². The number of carbonyl (C=O) groups excluding carboxylic acids is 4. The number of nitrogens with zero attached hydrogens (tertiary/aromatic N) is 2. The first-order chi connectivity index (χ1) is 24.9. The minimum Gasteiger partial charge on any atom is -0.459 e. The van der Waals surface area contributed by atoms with Gasteiger partial charge in [-0.25, -0.2) is 9.59 Å². The fourth-order valence-electron chi connectivity index (χ4n) is 5.61. The van der Waals surface area contributed by atoms with Gasteiger partial charge in [0.1, 0.15) is 18.7 Å². The molecule has 52 heavy (non-hydrogen) atoms. The summed E-state index contributed by atoms with van der Waals surface area (Å²) in [6, 6.07) is 11.2. The molecule has 2 aromatic heterocycles. The highest BCUT2D eigenvalue weighted by molar-refractivity contribution is 6.38. The second kappa shape index (κ2) is 19.3. The molecule has 0 aliphatic rings. The van der Waals surface area contributed by atoms with Crippen LogP contribution < -0.4 is 16.0 Å². The van der Waals surface area contributed by atoms with Crippen molar-refractivity contribution in [2.24, 2.45) is 11.8 Å². The summed E-state index contributed by atoms with van der Waals surface area (Å²) in [5.74, 6) is -1.73. The molecule has 4 aromatic rings. The molecular formula is C37H46Cl2N6O7. The van der Waals surface area contributed by atoms with Crippen molar-refractivity contribution in [2.75, 3.05) is 6.61 Å². The van der Waals surface area contributed by atoms with E-state index in [1.54, 1.807) is 19.1 Å². The van der Waals surface area contributed by atoms with Gasteiger partial charge < -0.3 is 34.8 Å². The Morgan fingerprint density at radius 1 is 0.942 bits per heavy atom. The van der Waals surface area contributed by atoms with Gasteiger partial charge in [-0.05, 0) is 54.9 Å². The molecule has 0 spiro atoms. The molecule has 2 heterocycles. The van der Waals surface area contributed by atoms with Crippen LogP contribution in [0.4, 0.5) is 4.79 Å². The van der Waals surface area contributed by atoms with E-state index < -0.39 is 24.1 Å². The standard InChI is InChI=1S/C37H46Cl2N6O7/c1-6-21(4)30(43-37(49)51-20-23-13-10-9-11-14-23)33(47)40-19-26-25-17-24(38)18-27(39)32(25)41-28(26)15-12-16-29(46)42-31(22(5)7-2)34-44-45-35(52-34)36(48)50-8-3/h9-11,13-14,17-18,21-22,30-31,41H,6-8,12,15-16,19-20H2,1-5H3,(H,40,47)(H,42,46)(H,43,49)/t21?,22-,30-,31?/m0/s1. The second-order valence-electron chi connectivity index (χ2n) is 12.6. The molecule has 2 unspecified atom stereocenters. The Hall–Kier alpha value is -4.62. The molecule has 280 valence electrons. The Bertz CT molecular complexity index is 1830. The van der Waals surface area contributed by atoms with Gasteiger partial charge in [0.05, 0.1) is 17.1 Å². The maximum Gasteiger partial charge on any atom is 0.408 e. The molecule has 0 aliphatic carbocycles. The van der Waals surface area contributed by atoms with E-state index in [2.05, 4.69) is 31.1 Å². The molecule has 0 bridgehead atoms. The van der Waals surface area contributed by atoms with Crippen LogP contribution in [0.25, 0.3) is 10.9 Å². The number of fused-ring (bicyclic) bond motifs is 1.